The average Bonchev–Trinajstić information content (AvgIpc) is 3.55. The van der Waals surface area contributed by atoms with Crippen molar-refractivity contribution in [3.05, 3.63) is 47.2 Å². The van der Waals surface area contributed by atoms with Gasteiger partial charge in [0.05, 0.1) is 5.39 Å². The maximum atomic E-state index is 5.05. The van der Waals surface area contributed by atoms with E-state index in [1.807, 2.05) is 22.2 Å². The molecule has 158 valence electrons. The molecule has 0 bridgehead atoms. The summed E-state index contributed by atoms with van der Waals surface area (Å²) in [5.74, 6) is 0.782. The zero-order valence-electron chi connectivity index (χ0n) is 18.0. The summed E-state index contributed by atoms with van der Waals surface area (Å²) in [5, 5.41) is 7.27. The maximum absolute atomic E-state index is 5.05. The van der Waals surface area contributed by atoms with E-state index in [1.54, 1.807) is 0 Å². The summed E-state index contributed by atoms with van der Waals surface area (Å²) in [6.07, 6.45) is 7.58. The van der Waals surface area contributed by atoms with Crippen LogP contribution in [0.4, 0.5) is 0 Å². The summed E-state index contributed by atoms with van der Waals surface area (Å²) in [5.41, 5.74) is 4.72. The minimum absolute atomic E-state index is 0.782. The first kappa shape index (κ1) is 19.0. The van der Waals surface area contributed by atoms with Crippen LogP contribution < -0.4 is 0 Å². The SMILES string of the molecule is CCN(CC)CCn1cc(-c2nc3c4c5c(sc4ncn3n2)CCC5)c2ccccc21. The van der Waals surface area contributed by atoms with Crippen LogP contribution >= 0.6 is 11.3 Å². The molecule has 1 aromatic carbocycles. The van der Waals surface area contributed by atoms with Crippen LogP contribution in [0.1, 0.15) is 30.7 Å². The third-order valence-electron chi connectivity index (χ3n) is 6.62. The Hall–Kier alpha value is -2.77. The largest absolute Gasteiger partial charge is 0.345 e. The second-order valence-electron chi connectivity index (χ2n) is 8.27. The summed E-state index contributed by atoms with van der Waals surface area (Å²) in [4.78, 5) is 14.8. The van der Waals surface area contributed by atoms with Gasteiger partial charge in [0.25, 0.3) is 0 Å². The maximum Gasteiger partial charge on any atom is 0.184 e. The molecule has 5 aromatic rings. The van der Waals surface area contributed by atoms with Crippen LogP contribution in [-0.4, -0.2) is 48.7 Å². The lowest BCUT2D eigenvalue weighted by Crippen LogP contribution is -2.26. The number of benzene rings is 1. The van der Waals surface area contributed by atoms with E-state index in [1.165, 1.54) is 39.6 Å². The highest BCUT2D eigenvalue weighted by Crippen LogP contribution is 2.38. The highest BCUT2D eigenvalue weighted by molar-refractivity contribution is 7.19. The van der Waals surface area contributed by atoms with Gasteiger partial charge in [-0.2, -0.15) is 0 Å². The average molecular weight is 431 g/mol. The summed E-state index contributed by atoms with van der Waals surface area (Å²) >= 11 is 1.83. The lowest BCUT2D eigenvalue weighted by molar-refractivity contribution is 0.292. The zero-order chi connectivity index (χ0) is 20.9. The lowest BCUT2D eigenvalue weighted by atomic mass is 10.1. The fourth-order valence-corrected chi connectivity index (χ4v) is 6.13. The molecule has 1 aliphatic rings. The van der Waals surface area contributed by atoms with Crippen LogP contribution in [0.25, 0.3) is 38.2 Å². The number of hydrogen-bond acceptors (Lipinski definition) is 5. The zero-order valence-corrected chi connectivity index (χ0v) is 18.8. The monoisotopic (exact) mass is 430 g/mol. The van der Waals surface area contributed by atoms with Gasteiger partial charge in [0, 0.05) is 40.6 Å². The first-order valence-corrected chi connectivity index (χ1v) is 12.0. The Kier molecular flexibility index (Phi) is 4.54. The number of nitrogens with zero attached hydrogens (tertiary/aromatic N) is 6. The van der Waals surface area contributed by atoms with Crippen LogP contribution in [0.15, 0.2) is 36.8 Å². The molecule has 4 heterocycles. The smallest absolute Gasteiger partial charge is 0.184 e. The van der Waals surface area contributed by atoms with Crippen LogP contribution in [0.3, 0.4) is 0 Å². The predicted molar refractivity (Wildman–Crippen MR) is 127 cm³/mol. The molecule has 0 atom stereocenters. The van der Waals surface area contributed by atoms with Crippen molar-refractivity contribution in [1.29, 1.82) is 0 Å². The summed E-state index contributed by atoms with van der Waals surface area (Å²) in [6, 6.07) is 8.59. The molecule has 0 saturated carbocycles. The van der Waals surface area contributed by atoms with Crippen molar-refractivity contribution in [2.24, 2.45) is 0 Å². The van der Waals surface area contributed by atoms with Crippen molar-refractivity contribution in [2.75, 3.05) is 19.6 Å². The molecule has 0 aliphatic heterocycles. The third kappa shape index (κ3) is 2.98. The van der Waals surface area contributed by atoms with Crippen LogP contribution in [-0.2, 0) is 19.4 Å². The van der Waals surface area contributed by atoms with Crippen molar-refractivity contribution in [3.8, 4) is 11.4 Å². The molecule has 0 fully saturated rings. The van der Waals surface area contributed by atoms with E-state index in [0.29, 0.717) is 0 Å². The minimum atomic E-state index is 0.782. The Morgan fingerprint density at radius 2 is 2.00 bits per heavy atom. The van der Waals surface area contributed by atoms with Crippen LogP contribution in [0, 0.1) is 0 Å². The van der Waals surface area contributed by atoms with E-state index in [-0.39, 0.29) is 0 Å². The Morgan fingerprint density at radius 1 is 1.13 bits per heavy atom. The van der Waals surface area contributed by atoms with Gasteiger partial charge < -0.3 is 9.47 Å². The highest BCUT2D eigenvalue weighted by Gasteiger charge is 2.23. The van der Waals surface area contributed by atoms with E-state index in [9.17, 15) is 0 Å². The van der Waals surface area contributed by atoms with Gasteiger partial charge in [-0.1, -0.05) is 32.0 Å². The number of rotatable bonds is 6. The minimum Gasteiger partial charge on any atom is -0.345 e. The number of para-hydroxylation sites is 1. The molecule has 6 nitrogen and oxygen atoms in total. The second kappa shape index (κ2) is 7.43. The third-order valence-corrected chi connectivity index (χ3v) is 7.82. The Morgan fingerprint density at radius 3 is 2.87 bits per heavy atom. The molecule has 4 aromatic heterocycles. The van der Waals surface area contributed by atoms with E-state index in [2.05, 4.69) is 58.8 Å². The van der Waals surface area contributed by atoms with Gasteiger partial charge in [-0.3, -0.25) is 0 Å². The fourth-order valence-electron chi connectivity index (χ4n) is 4.91. The first-order valence-electron chi connectivity index (χ1n) is 11.2. The molecule has 7 heteroatoms. The molecule has 6 rings (SSSR count). The molecule has 31 heavy (non-hydrogen) atoms. The molecule has 1 aliphatic carbocycles. The second-order valence-corrected chi connectivity index (χ2v) is 9.35. The molecule has 0 saturated heterocycles. The number of thiophene rings is 1. The van der Waals surface area contributed by atoms with Gasteiger partial charge >= 0.3 is 0 Å². The standard InChI is InChI=1S/C24H26N6S/c1-3-28(4-2)12-13-29-14-18(16-8-5-6-10-19(16)29)22-26-23-21-17-9-7-11-20(17)31-24(21)25-15-30(23)27-22/h5-6,8,10,14-15H,3-4,7,9,11-13H2,1-2H3. The Bertz CT molecular complexity index is 1400. The summed E-state index contributed by atoms with van der Waals surface area (Å²) < 4.78 is 4.22. The molecule has 0 radical (unpaired) electrons. The Balaban J connectivity index is 1.48. The quantitative estimate of drug-likeness (QED) is 0.389. The molecular weight excluding hydrogens is 404 g/mol. The number of aryl methyl sites for hydroxylation is 2. The molecule has 0 unspecified atom stereocenters. The van der Waals surface area contributed by atoms with Gasteiger partial charge in [-0.05, 0) is 44.0 Å². The number of fused-ring (bicyclic) bond motifs is 6. The van der Waals surface area contributed by atoms with E-state index >= 15 is 0 Å². The number of hydrogen-bond donors (Lipinski definition) is 0. The normalized spacial score (nSPS) is 13.9. The topological polar surface area (TPSA) is 51.2 Å². The van der Waals surface area contributed by atoms with Crippen LogP contribution in [0.5, 0.6) is 0 Å². The molecular formula is C24H26N6S. The molecule has 0 N–H and O–H groups in total. The van der Waals surface area contributed by atoms with Gasteiger partial charge in [-0.25, -0.2) is 14.5 Å². The fraction of sp³-hybridized carbons (Fsp3) is 0.375. The van der Waals surface area contributed by atoms with E-state index in [0.717, 1.165) is 54.5 Å². The Labute approximate surface area is 185 Å². The summed E-state index contributed by atoms with van der Waals surface area (Å²) in [6.45, 7) is 8.59. The van der Waals surface area contributed by atoms with Gasteiger partial charge in [0.1, 0.15) is 11.2 Å². The van der Waals surface area contributed by atoms with Crippen molar-refractivity contribution in [2.45, 2.75) is 39.7 Å². The van der Waals surface area contributed by atoms with E-state index < -0.39 is 0 Å². The number of likely N-dealkylation sites (N-methyl/N-ethyl adjacent to an activating group) is 1. The summed E-state index contributed by atoms with van der Waals surface area (Å²) in [7, 11) is 0. The van der Waals surface area contributed by atoms with Gasteiger partial charge in [-0.15, -0.1) is 16.4 Å². The van der Waals surface area contributed by atoms with Crippen molar-refractivity contribution in [3.63, 3.8) is 0 Å². The highest BCUT2D eigenvalue weighted by atomic mass is 32.1. The van der Waals surface area contributed by atoms with Crippen molar-refractivity contribution in [1.82, 2.24) is 29.0 Å². The van der Waals surface area contributed by atoms with Gasteiger partial charge in [0.2, 0.25) is 0 Å². The van der Waals surface area contributed by atoms with Gasteiger partial charge in [0.15, 0.2) is 11.5 Å². The first-order chi connectivity index (χ1) is 15.3. The van der Waals surface area contributed by atoms with E-state index in [4.69, 9.17) is 10.1 Å². The van der Waals surface area contributed by atoms with Crippen LogP contribution in [0.2, 0.25) is 0 Å². The molecule has 0 amide bonds. The van der Waals surface area contributed by atoms with Crippen molar-refractivity contribution >= 4 is 38.1 Å². The predicted octanol–water partition coefficient (Wildman–Crippen LogP) is 4.79. The number of aromatic nitrogens is 5. The lowest BCUT2D eigenvalue weighted by Gasteiger charge is -2.18. The molecule has 0 spiro atoms. The van der Waals surface area contributed by atoms with Crippen molar-refractivity contribution < 1.29 is 0 Å².